The van der Waals surface area contributed by atoms with Gasteiger partial charge in [-0.15, -0.1) is 0 Å². The van der Waals surface area contributed by atoms with Gasteiger partial charge in [0.25, 0.3) is 0 Å². The molecule has 0 aliphatic rings. The van der Waals surface area contributed by atoms with Crippen molar-refractivity contribution in [1.29, 1.82) is 0 Å². The van der Waals surface area contributed by atoms with Gasteiger partial charge in [0.05, 0.1) is 0 Å². The van der Waals surface area contributed by atoms with Crippen LogP contribution >= 0.6 is 0 Å². The molecule has 0 saturated carbocycles. The van der Waals surface area contributed by atoms with Gasteiger partial charge in [0, 0.05) is 0 Å². The summed E-state index contributed by atoms with van der Waals surface area (Å²) in [6, 6.07) is 35.9. The molecular formula is C26H16Se2. The molecule has 0 unspecified atom stereocenters. The van der Waals surface area contributed by atoms with E-state index in [-0.39, 0.29) is 0 Å². The van der Waals surface area contributed by atoms with Crippen LogP contribution in [0.5, 0.6) is 0 Å². The van der Waals surface area contributed by atoms with Crippen LogP contribution in [0.3, 0.4) is 0 Å². The van der Waals surface area contributed by atoms with E-state index in [9.17, 15) is 0 Å². The molecule has 0 bridgehead atoms. The molecule has 2 aromatic heterocycles. The third-order valence-corrected chi connectivity index (χ3v) is 10.5. The molecule has 2 heteroatoms. The molecule has 6 aromatic rings. The average Bonchev–Trinajstić information content (AvgIpc) is 3.39. The summed E-state index contributed by atoms with van der Waals surface area (Å²) in [5, 5.41) is 5.74. The first-order valence-electron chi connectivity index (χ1n) is 9.36. The second-order valence-corrected chi connectivity index (χ2v) is 11.4. The minimum absolute atomic E-state index is 0.367. The van der Waals surface area contributed by atoms with Crippen LogP contribution in [0, 0.1) is 0 Å². The standard InChI is InChI=1S/C26H16Se2/c1-3-7-17(8-4-1)23-15-19-11-13-22-21(25(19)27-23)14-12-20-16-24(28-26(20)22)18-9-5-2-6-10-18/h1-16H. The predicted molar refractivity (Wildman–Crippen MR) is 124 cm³/mol. The molecule has 0 saturated heterocycles. The van der Waals surface area contributed by atoms with Gasteiger partial charge in [-0.3, -0.25) is 0 Å². The Morgan fingerprint density at radius 1 is 0.429 bits per heavy atom. The molecular weight excluding hydrogens is 470 g/mol. The molecule has 0 fully saturated rings. The number of hydrogen-bond acceptors (Lipinski definition) is 0. The van der Waals surface area contributed by atoms with Gasteiger partial charge in [0.2, 0.25) is 0 Å². The summed E-state index contributed by atoms with van der Waals surface area (Å²) in [7, 11) is 0. The van der Waals surface area contributed by atoms with Crippen LogP contribution in [0.4, 0.5) is 0 Å². The Bertz CT molecular complexity index is 1320. The van der Waals surface area contributed by atoms with Crippen molar-refractivity contribution in [3.63, 3.8) is 0 Å². The van der Waals surface area contributed by atoms with Crippen LogP contribution in [-0.2, 0) is 0 Å². The van der Waals surface area contributed by atoms with Crippen molar-refractivity contribution in [1.82, 2.24) is 0 Å². The first-order valence-corrected chi connectivity index (χ1v) is 12.8. The topological polar surface area (TPSA) is 0 Å². The first-order chi connectivity index (χ1) is 13.9. The molecule has 0 amide bonds. The van der Waals surface area contributed by atoms with Gasteiger partial charge in [-0.2, -0.15) is 0 Å². The molecule has 0 aliphatic carbocycles. The summed E-state index contributed by atoms with van der Waals surface area (Å²) in [5.74, 6) is 0. The van der Waals surface area contributed by atoms with Gasteiger partial charge >= 0.3 is 176 Å². The molecule has 0 aliphatic heterocycles. The van der Waals surface area contributed by atoms with Crippen LogP contribution in [0.15, 0.2) is 97.1 Å². The van der Waals surface area contributed by atoms with Crippen LogP contribution in [0.25, 0.3) is 50.1 Å². The summed E-state index contributed by atoms with van der Waals surface area (Å²) in [6.45, 7) is 0. The summed E-state index contributed by atoms with van der Waals surface area (Å²) in [5.41, 5.74) is 2.73. The van der Waals surface area contributed by atoms with E-state index in [1.165, 1.54) is 41.5 Å². The Kier molecular flexibility index (Phi) is 3.92. The SMILES string of the molecule is c1ccc(-c2cc3ccc4c(ccc5cc(-c6ccccc6)[se]c54)c3[se]2)cc1. The number of rotatable bonds is 2. The Morgan fingerprint density at radius 3 is 1.29 bits per heavy atom. The molecule has 6 rings (SSSR count). The van der Waals surface area contributed by atoms with E-state index in [1.54, 1.807) is 8.52 Å². The van der Waals surface area contributed by atoms with Gasteiger partial charge in [-0.25, -0.2) is 0 Å². The first kappa shape index (κ1) is 16.6. The fraction of sp³-hybridized carbons (Fsp3) is 0. The van der Waals surface area contributed by atoms with Crippen LogP contribution in [-0.4, -0.2) is 29.0 Å². The van der Waals surface area contributed by atoms with E-state index >= 15 is 0 Å². The van der Waals surface area contributed by atoms with Crippen molar-refractivity contribution in [3.8, 4) is 20.0 Å². The van der Waals surface area contributed by atoms with E-state index in [0.717, 1.165) is 0 Å². The average molecular weight is 486 g/mol. The molecule has 0 atom stereocenters. The second kappa shape index (κ2) is 6.62. The number of hydrogen-bond donors (Lipinski definition) is 0. The molecule has 132 valence electrons. The molecule has 4 aromatic carbocycles. The fourth-order valence-electron chi connectivity index (χ4n) is 3.89. The molecule has 0 nitrogen and oxygen atoms in total. The second-order valence-electron chi connectivity index (χ2n) is 7.02. The zero-order valence-electron chi connectivity index (χ0n) is 15.1. The van der Waals surface area contributed by atoms with Crippen molar-refractivity contribution in [2.45, 2.75) is 0 Å². The van der Waals surface area contributed by atoms with Crippen LogP contribution in [0.2, 0.25) is 0 Å². The Balaban J connectivity index is 1.59. The molecule has 0 N–H and O–H groups in total. The van der Waals surface area contributed by atoms with Crippen LogP contribution in [0.1, 0.15) is 0 Å². The van der Waals surface area contributed by atoms with E-state index in [0.29, 0.717) is 29.0 Å². The van der Waals surface area contributed by atoms with Gasteiger partial charge in [0.1, 0.15) is 0 Å². The Hall–Kier alpha value is -2.34. The van der Waals surface area contributed by atoms with Gasteiger partial charge in [0.15, 0.2) is 0 Å². The third kappa shape index (κ3) is 2.65. The van der Waals surface area contributed by atoms with Crippen molar-refractivity contribution in [2.24, 2.45) is 0 Å². The predicted octanol–water partition coefficient (Wildman–Crippen LogP) is 6.59. The van der Waals surface area contributed by atoms with Crippen LogP contribution < -0.4 is 0 Å². The normalized spacial score (nSPS) is 11.6. The Labute approximate surface area is 175 Å². The van der Waals surface area contributed by atoms with E-state index in [1.807, 2.05) is 0 Å². The maximum atomic E-state index is 2.40. The van der Waals surface area contributed by atoms with Gasteiger partial charge < -0.3 is 0 Å². The zero-order chi connectivity index (χ0) is 18.5. The monoisotopic (exact) mass is 488 g/mol. The molecule has 28 heavy (non-hydrogen) atoms. The van der Waals surface area contributed by atoms with E-state index in [4.69, 9.17) is 0 Å². The summed E-state index contributed by atoms with van der Waals surface area (Å²) in [6.07, 6.45) is 0. The molecule has 0 spiro atoms. The molecule has 0 radical (unpaired) electrons. The fourth-order valence-corrected chi connectivity index (χ4v) is 8.89. The minimum atomic E-state index is 0.367. The Morgan fingerprint density at radius 2 is 0.857 bits per heavy atom. The van der Waals surface area contributed by atoms with Crippen molar-refractivity contribution < 1.29 is 0 Å². The third-order valence-electron chi connectivity index (χ3n) is 5.28. The summed E-state index contributed by atoms with van der Waals surface area (Å²) in [4.78, 5) is 0. The van der Waals surface area contributed by atoms with Crippen molar-refractivity contribution in [3.05, 3.63) is 97.1 Å². The summed E-state index contributed by atoms with van der Waals surface area (Å²) >= 11 is 0.734. The van der Waals surface area contributed by atoms with E-state index < -0.39 is 0 Å². The van der Waals surface area contributed by atoms with E-state index in [2.05, 4.69) is 97.1 Å². The quantitative estimate of drug-likeness (QED) is 0.242. The van der Waals surface area contributed by atoms with Gasteiger partial charge in [-0.05, 0) is 0 Å². The van der Waals surface area contributed by atoms with Crippen molar-refractivity contribution >= 4 is 59.1 Å². The van der Waals surface area contributed by atoms with Crippen molar-refractivity contribution in [2.75, 3.05) is 0 Å². The zero-order valence-corrected chi connectivity index (χ0v) is 18.5. The molecule has 2 heterocycles. The van der Waals surface area contributed by atoms with Gasteiger partial charge in [-0.1, -0.05) is 0 Å². The number of benzene rings is 4. The number of fused-ring (bicyclic) bond motifs is 5. The maximum absolute atomic E-state index is 2.40. The summed E-state index contributed by atoms with van der Waals surface area (Å²) < 4.78 is 6.08.